The topological polar surface area (TPSA) is 112 Å². The smallest absolute Gasteiger partial charge is 0.325 e. The zero-order valence-corrected chi connectivity index (χ0v) is 19.9. The van der Waals surface area contributed by atoms with Crippen LogP contribution in [0.2, 0.25) is 0 Å². The van der Waals surface area contributed by atoms with Gasteiger partial charge >= 0.3 is 5.97 Å². The van der Waals surface area contributed by atoms with Gasteiger partial charge in [0.15, 0.2) is 0 Å². The third-order valence-electron chi connectivity index (χ3n) is 7.19. The van der Waals surface area contributed by atoms with E-state index < -0.39 is 41.2 Å². The fourth-order valence-corrected chi connectivity index (χ4v) is 6.31. The normalized spacial score (nSPS) is 25.4. The van der Waals surface area contributed by atoms with Crippen molar-refractivity contribution in [2.75, 3.05) is 0 Å². The highest BCUT2D eigenvalue weighted by Crippen LogP contribution is 2.50. The van der Waals surface area contributed by atoms with Crippen LogP contribution in [0.5, 0.6) is 0 Å². The number of benzene rings is 2. The Morgan fingerprint density at radius 3 is 2.53 bits per heavy atom. The summed E-state index contributed by atoms with van der Waals surface area (Å²) >= 11 is 1.34. The summed E-state index contributed by atoms with van der Waals surface area (Å²) in [5.74, 6) is -4.00. The number of carbonyl (C=O) groups is 3. The van der Waals surface area contributed by atoms with Gasteiger partial charge in [-0.3, -0.25) is 29.6 Å². The number of carbonyl (C=O) groups excluding carboxylic acids is 2. The molecule has 9 heteroatoms. The average molecular weight is 499 g/mol. The number of hydrogen-bond donors (Lipinski definition) is 2. The van der Waals surface area contributed by atoms with Gasteiger partial charge in [0.05, 0.1) is 30.1 Å². The third kappa shape index (κ3) is 3.51. The van der Waals surface area contributed by atoms with Crippen LogP contribution in [0.15, 0.2) is 78.4 Å². The number of pyridine rings is 1. The van der Waals surface area contributed by atoms with E-state index in [2.05, 4.69) is 15.3 Å². The SMILES string of the molecule is O=C1C2C(c3nccs3)NC(Cc3ccc4ccccc4c3)(C(=O)O)C2C(=O)N1Cc1ccccn1. The van der Waals surface area contributed by atoms with E-state index in [0.717, 1.165) is 21.2 Å². The summed E-state index contributed by atoms with van der Waals surface area (Å²) < 4.78 is 0. The predicted molar refractivity (Wildman–Crippen MR) is 133 cm³/mol. The van der Waals surface area contributed by atoms with Crippen molar-refractivity contribution >= 4 is 39.9 Å². The number of carboxylic acid groups (broad SMARTS) is 1. The molecule has 180 valence electrons. The highest BCUT2D eigenvalue weighted by atomic mass is 32.1. The minimum absolute atomic E-state index is 0.00176. The lowest BCUT2D eigenvalue weighted by atomic mass is 9.76. The van der Waals surface area contributed by atoms with Crippen LogP contribution in [-0.4, -0.2) is 43.3 Å². The number of fused-ring (bicyclic) bond motifs is 2. The maximum absolute atomic E-state index is 13.8. The Morgan fingerprint density at radius 2 is 1.81 bits per heavy atom. The molecule has 0 aliphatic carbocycles. The summed E-state index contributed by atoms with van der Waals surface area (Å²) in [7, 11) is 0. The van der Waals surface area contributed by atoms with E-state index in [-0.39, 0.29) is 13.0 Å². The van der Waals surface area contributed by atoms with Gasteiger partial charge in [-0.05, 0) is 28.5 Å². The van der Waals surface area contributed by atoms with Gasteiger partial charge in [-0.25, -0.2) is 4.98 Å². The number of carboxylic acids is 1. The first-order chi connectivity index (χ1) is 17.5. The largest absolute Gasteiger partial charge is 0.480 e. The third-order valence-corrected chi connectivity index (χ3v) is 8.05. The van der Waals surface area contributed by atoms with Crippen LogP contribution in [-0.2, 0) is 27.3 Å². The van der Waals surface area contributed by atoms with Crippen LogP contribution in [0.25, 0.3) is 10.8 Å². The summed E-state index contributed by atoms with van der Waals surface area (Å²) in [6, 6.07) is 18.2. The van der Waals surface area contributed by atoms with E-state index in [1.807, 2.05) is 42.5 Å². The second kappa shape index (κ2) is 8.61. The molecule has 2 aromatic carbocycles. The molecule has 2 fully saturated rings. The lowest BCUT2D eigenvalue weighted by Crippen LogP contribution is -2.57. The van der Waals surface area contributed by atoms with Crippen LogP contribution >= 0.6 is 11.3 Å². The van der Waals surface area contributed by atoms with Gasteiger partial charge in [-0.15, -0.1) is 11.3 Å². The first-order valence-corrected chi connectivity index (χ1v) is 12.5. The van der Waals surface area contributed by atoms with Crippen molar-refractivity contribution in [1.29, 1.82) is 0 Å². The van der Waals surface area contributed by atoms with E-state index in [0.29, 0.717) is 10.7 Å². The summed E-state index contributed by atoms with van der Waals surface area (Å²) in [5.41, 5.74) is -0.339. The number of aromatic nitrogens is 2. The molecule has 0 radical (unpaired) electrons. The van der Waals surface area contributed by atoms with Crippen molar-refractivity contribution in [3.05, 3.63) is 94.7 Å². The lowest BCUT2D eigenvalue weighted by Gasteiger charge is -2.31. The standard InChI is InChI=1S/C27H22N4O4S/c32-24-20-21(25(33)31(24)15-19-7-3-4-10-28-19)27(26(34)35,30-22(20)23-29-11-12-36-23)14-16-8-9-17-5-1-2-6-18(17)13-16/h1-13,20-22,30H,14-15H2,(H,34,35). The number of likely N-dealkylation sites (tertiary alicyclic amines) is 1. The molecule has 0 bridgehead atoms. The van der Waals surface area contributed by atoms with Gasteiger partial charge in [0.25, 0.3) is 0 Å². The van der Waals surface area contributed by atoms with E-state index in [1.54, 1.807) is 36.0 Å². The molecule has 0 spiro atoms. The van der Waals surface area contributed by atoms with Crippen LogP contribution < -0.4 is 5.32 Å². The van der Waals surface area contributed by atoms with Gasteiger partial charge in [-0.2, -0.15) is 0 Å². The Labute approximate surface area is 210 Å². The zero-order valence-electron chi connectivity index (χ0n) is 19.1. The molecule has 2 N–H and O–H groups in total. The Morgan fingerprint density at radius 1 is 1.00 bits per heavy atom. The van der Waals surface area contributed by atoms with Gasteiger partial charge in [0.1, 0.15) is 10.5 Å². The van der Waals surface area contributed by atoms with Gasteiger partial charge in [0, 0.05) is 24.2 Å². The highest BCUT2D eigenvalue weighted by molar-refractivity contribution is 7.09. The lowest BCUT2D eigenvalue weighted by molar-refractivity contribution is -0.151. The molecule has 2 amide bonds. The summed E-state index contributed by atoms with van der Waals surface area (Å²) in [4.78, 5) is 50.2. The Hall–Kier alpha value is -3.95. The fraction of sp³-hybridized carbons (Fsp3) is 0.222. The molecule has 4 unspecified atom stereocenters. The second-order valence-corrected chi connectivity index (χ2v) is 10.1. The number of imide groups is 1. The fourth-order valence-electron chi connectivity index (χ4n) is 5.58. The van der Waals surface area contributed by atoms with Crippen LogP contribution in [0.1, 0.15) is 22.3 Å². The summed E-state index contributed by atoms with van der Waals surface area (Å²) in [5, 5.41) is 18.2. The van der Waals surface area contributed by atoms with E-state index in [4.69, 9.17) is 0 Å². The molecule has 8 nitrogen and oxygen atoms in total. The number of nitrogens with zero attached hydrogens (tertiary/aromatic N) is 3. The molecule has 4 aromatic rings. The number of hydrogen-bond acceptors (Lipinski definition) is 7. The monoisotopic (exact) mass is 498 g/mol. The molecule has 4 atom stereocenters. The van der Waals surface area contributed by atoms with Crippen molar-refractivity contribution in [3.8, 4) is 0 Å². The minimum Gasteiger partial charge on any atom is -0.480 e. The van der Waals surface area contributed by atoms with Crippen LogP contribution in [0, 0.1) is 11.8 Å². The molecule has 6 rings (SSSR count). The summed E-state index contributed by atoms with van der Waals surface area (Å²) in [6.45, 7) is 0.00176. The molecule has 2 aliphatic rings. The van der Waals surface area contributed by atoms with Crippen molar-refractivity contribution < 1.29 is 19.5 Å². The first-order valence-electron chi connectivity index (χ1n) is 11.6. The van der Waals surface area contributed by atoms with E-state index in [9.17, 15) is 19.5 Å². The van der Waals surface area contributed by atoms with Crippen LogP contribution in [0.3, 0.4) is 0 Å². The molecular weight excluding hydrogens is 476 g/mol. The quantitative estimate of drug-likeness (QED) is 0.393. The number of rotatable bonds is 6. The molecule has 0 saturated carbocycles. The van der Waals surface area contributed by atoms with Crippen molar-refractivity contribution in [2.24, 2.45) is 11.8 Å². The predicted octanol–water partition coefficient (Wildman–Crippen LogP) is 3.20. The maximum Gasteiger partial charge on any atom is 0.325 e. The van der Waals surface area contributed by atoms with E-state index in [1.165, 1.54) is 11.3 Å². The van der Waals surface area contributed by atoms with Crippen molar-refractivity contribution in [1.82, 2.24) is 20.2 Å². The molecular formula is C27H22N4O4S. The highest BCUT2D eigenvalue weighted by Gasteiger charge is 2.68. The molecule has 2 aliphatic heterocycles. The zero-order chi connectivity index (χ0) is 24.9. The van der Waals surface area contributed by atoms with Gasteiger partial charge < -0.3 is 5.11 Å². The van der Waals surface area contributed by atoms with Gasteiger partial charge in [-0.1, -0.05) is 48.5 Å². The number of aliphatic carboxylic acids is 1. The number of amides is 2. The van der Waals surface area contributed by atoms with Crippen molar-refractivity contribution in [3.63, 3.8) is 0 Å². The molecule has 2 saturated heterocycles. The second-order valence-electron chi connectivity index (χ2n) is 9.21. The number of thiazole rings is 1. The van der Waals surface area contributed by atoms with Crippen LogP contribution in [0.4, 0.5) is 0 Å². The van der Waals surface area contributed by atoms with Crippen molar-refractivity contribution in [2.45, 2.75) is 24.5 Å². The minimum atomic E-state index is -1.67. The molecule has 2 aromatic heterocycles. The Bertz CT molecular complexity index is 1480. The molecule has 36 heavy (non-hydrogen) atoms. The summed E-state index contributed by atoms with van der Waals surface area (Å²) in [6.07, 6.45) is 3.27. The van der Waals surface area contributed by atoms with E-state index >= 15 is 0 Å². The first kappa shape index (κ1) is 22.5. The Balaban J connectivity index is 1.44. The molecule has 4 heterocycles. The maximum atomic E-state index is 13.8. The Kier molecular flexibility index (Phi) is 5.39. The average Bonchev–Trinajstić information content (AvgIpc) is 3.59. The number of nitrogens with one attached hydrogen (secondary N) is 1. The van der Waals surface area contributed by atoms with Gasteiger partial charge in [0.2, 0.25) is 11.8 Å².